The van der Waals surface area contributed by atoms with Crippen LogP contribution in [-0.2, 0) is 9.98 Å². The van der Waals surface area contributed by atoms with Gasteiger partial charge in [0.1, 0.15) is 22.9 Å². The summed E-state index contributed by atoms with van der Waals surface area (Å²) >= 11 is 0. The van der Waals surface area contributed by atoms with Crippen molar-refractivity contribution in [1.29, 1.82) is 5.26 Å². The smallest absolute Gasteiger partial charge is 0.171 e. The predicted molar refractivity (Wildman–Crippen MR) is 226 cm³/mol. The van der Waals surface area contributed by atoms with E-state index in [1.165, 1.54) is 0 Å². The molecule has 5 nitrogen and oxygen atoms in total. The van der Waals surface area contributed by atoms with Crippen LogP contribution in [0.2, 0.25) is 0 Å². The first-order chi connectivity index (χ1) is 27.5. The number of hydrogen-bond acceptors (Lipinski definition) is 5. The van der Waals surface area contributed by atoms with Crippen LogP contribution in [0.15, 0.2) is 180 Å². The normalized spacial score (nSPS) is 17.9. The van der Waals surface area contributed by atoms with Crippen molar-refractivity contribution in [1.82, 2.24) is 4.98 Å². The lowest BCUT2D eigenvalue weighted by Gasteiger charge is -2.50. The monoisotopic (exact) mass is 737 g/mol. The lowest BCUT2D eigenvalue weighted by atomic mass is 9.61. The lowest BCUT2D eigenvalue weighted by molar-refractivity contribution is 0.590. The fraction of sp³-hybridized carbons (Fsp3) is 0.0400. The first-order valence-electron chi connectivity index (χ1n) is 18.7. The van der Waals surface area contributed by atoms with Gasteiger partial charge in [0.2, 0.25) is 0 Å². The van der Waals surface area contributed by atoms with Crippen LogP contribution in [-0.4, -0.2) is 4.98 Å². The van der Waals surface area contributed by atoms with Crippen molar-refractivity contribution in [3.63, 3.8) is 0 Å². The quantitative estimate of drug-likeness (QED) is 0.169. The van der Waals surface area contributed by atoms with E-state index in [1.54, 1.807) is 0 Å². The molecule has 4 heterocycles. The second-order valence-electron chi connectivity index (χ2n) is 14.6. The standard InChI is InChI=1S/C50H32N3O2P/c1-32-26-34(27-35(31-51)52-32)33-24-25-41-45(28-33)53(36-14-4-2-5-15-36)44-21-11-9-19-40(44)50(41)42-20-10-13-23-48(42)56(54,37-16-6-3-7-17-37)49-30-47-39(29-43(49)50)38-18-8-12-22-46(38)55-47/h2-30H,1H3. The number of hydrogen-bond donors (Lipinski definition) is 0. The number of fused-ring (bicyclic) bond motifs is 11. The Hall–Kier alpha value is -6.99. The van der Waals surface area contributed by atoms with Crippen molar-refractivity contribution in [2.75, 3.05) is 4.90 Å². The van der Waals surface area contributed by atoms with Crippen LogP contribution in [0.3, 0.4) is 0 Å². The highest BCUT2D eigenvalue weighted by atomic mass is 31.2. The molecule has 56 heavy (non-hydrogen) atoms. The Kier molecular flexibility index (Phi) is 6.95. The fourth-order valence-electron chi connectivity index (χ4n) is 9.38. The molecule has 0 saturated heterocycles. The summed E-state index contributed by atoms with van der Waals surface area (Å²) < 4.78 is 23.1. The van der Waals surface area contributed by atoms with Crippen LogP contribution in [0.5, 0.6) is 0 Å². The van der Waals surface area contributed by atoms with Gasteiger partial charge in [-0.1, -0.05) is 121 Å². The van der Waals surface area contributed by atoms with E-state index in [4.69, 9.17) is 4.42 Å². The number of benzene rings is 7. The molecule has 0 aliphatic carbocycles. The van der Waals surface area contributed by atoms with Gasteiger partial charge in [0.15, 0.2) is 7.14 Å². The Morgan fingerprint density at radius 3 is 2.11 bits per heavy atom. The summed E-state index contributed by atoms with van der Waals surface area (Å²) in [5.41, 5.74) is 10.8. The molecule has 2 aromatic heterocycles. The Morgan fingerprint density at radius 2 is 1.29 bits per heavy atom. The Bertz CT molecular complexity index is 3160. The fourth-order valence-corrected chi connectivity index (χ4v) is 12.5. The number of para-hydroxylation sites is 3. The van der Waals surface area contributed by atoms with E-state index >= 15 is 4.57 Å². The van der Waals surface area contributed by atoms with Crippen molar-refractivity contribution in [2.45, 2.75) is 12.3 Å². The highest BCUT2D eigenvalue weighted by molar-refractivity contribution is 7.85. The minimum absolute atomic E-state index is 0.377. The second-order valence-corrected chi connectivity index (χ2v) is 17.3. The number of aryl methyl sites for hydroxylation is 1. The van der Waals surface area contributed by atoms with Crippen LogP contribution in [0.1, 0.15) is 33.6 Å². The predicted octanol–water partition coefficient (Wildman–Crippen LogP) is 10.9. The van der Waals surface area contributed by atoms with E-state index in [2.05, 4.69) is 119 Å². The molecule has 2 unspecified atom stereocenters. The first-order valence-corrected chi connectivity index (χ1v) is 20.4. The van der Waals surface area contributed by atoms with Gasteiger partial charge in [-0.3, -0.25) is 0 Å². The number of anilines is 3. The van der Waals surface area contributed by atoms with Gasteiger partial charge in [-0.15, -0.1) is 0 Å². The van der Waals surface area contributed by atoms with E-state index in [9.17, 15) is 5.26 Å². The maximum atomic E-state index is 16.5. The Balaban J connectivity index is 1.33. The average molecular weight is 738 g/mol. The molecule has 0 bridgehead atoms. The number of nitrogens with zero attached hydrogens (tertiary/aromatic N) is 3. The molecular weight excluding hydrogens is 706 g/mol. The van der Waals surface area contributed by atoms with Crippen molar-refractivity contribution in [3.05, 3.63) is 210 Å². The van der Waals surface area contributed by atoms with E-state index < -0.39 is 12.6 Å². The van der Waals surface area contributed by atoms with Crippen molar-refractivity contribution < 1.29 is 8.98 Å². The third-order valence-corrected chi connectivity index (χ3v) is 14.8. The molecular formula is C50H32N3O2P. The van der Waals surface area contributed by atoms with Gasteiger partial charge in [-0.05, 0) is 94.9 Å². The summed E-state index contributed by atoms with van der Waals surface area (Å²) in [7, 11) is -3.47. The van der Waals surface area contributed by atoms with Crippen LogP contribution in [0.4, 0.5) is 17.1 Å². The molecule has 0 fully saturated rings. The summed E-state index contributed by atoms with van der Waals surface area (Å²) in [5, 5.41) is 14.2. The average Bonchev–Trinajstić information content (AvgIpc) is 3.62. The minimum atomic E-state index is -3.47. The van der Waals surface area contributed by atoms with E-state index in [1.807, 2.05) is 79.7 Å². The zero-order valence-electron chi connectivity index (χ0n) is 30.3. The van der Waals surface area contributed by atoms with Gasteiger partial charge in [0.25, 0.3) is 0 Å². The van der Waals surface area contributed by atoms with Crippen molar-refractivity contribution in [3.8, 4) is 17.2 Å². The van der Waals surface area contributed by atoms with Crippen LogP contribution < -0.4 is 20.8 Å². The number of rotatable bonds is 3. The zero-order chi connectivity index (χ0) is 37.6. The maximum Gasteiger partial charge on any atom is 0.171 e. The lowest BCUT2D eigenvalue weighted by Crippen LogP contribution is -2.49. The molecule has 0 amide bonds. The van der Waals surface area contributed by atoms with Gasteiger partial charge >= 0.3 is 0 Å². The molecule has 0 saturated carbocycles. The summed E-state index contributed by atoms with van der Waals surface area (Å²) in [5.74, 6) is 0. The van der Waals surface area contributed by atoms with Gasteiger partial charge in [0.05, 0.1) is 16.8 Å². The molecule has 11 rings (SSSR count). The summed E-state index contributed by atoms with van der Waals surface area (Å²) in [4.78, 5) is 6.80. The molecule has 6 heteroatoms. The van der Waals surface area contributed by atoms with Gasteiger partial charge < -0.3 is 13.9 Å². The summed E-state index contributed by atoms with van der Waals surface area (Å²) in [6.07, 6.45) is 0. The molecule has 9 aromatic rings. The van der Waals surface area contributed by atoms with Crippen LogP contribution >= 0.6 is 7.14 Å². The van der Waals surface area contributed by atoms with E-state index in [-0.39, 0.29) is 0 Å². The molecule has 2 aliphatic heterocycles. The largest absolute Gasteiger partial charge is 0.456 e. The zero-order valence-corrected chi connectivity index (χ0v) is 31.2. The molecule has 1 spiro atoms. The number of nitriles is 1. The minimum Gasteiger partial charge on any atom is -0.456 e. The first kappa shape index (κ1) is 32.4. The molecule has 7 aromatic carbocycles. The third kappa shape index (κ3) is 4.36. The third-order valence-electron chi connectivity index (χ3n) is 11.6. The number of pyridine rings is 1. The van der Waals surface area contributed by atoms with Crippen molar-refractivity contribution in [2.24, 2.45) is 0 Å². The molecule has 264 valence electrons. The van der Waals surface area contributed by atoms with Gasteiger partial charge in [-0.2, -0.15) is 5.26 Å². The second kappa shape index (κ2) is 12.0. The molecule has 0 radical (unpaired) electrons. The topological polar surface area (TPSA) is 70.1 Å². The SMILES string of the molecule is Cc1cc(-c2ccc3c(c2)N(c2ccccc2)c2ccccc2C32c3ccccc3P(=O)(c3ccccc3)c3cc4oc5ccccc5c4cc32)cc(C#N)n1. The van der Waals surface area contributed by atoms with Gasteiger partial charge in [0, 0.05) is 38.1 Å². The van der Waals surface area contributed by atoms with E-state index in [0.29, 0.717) is 11.3 Å². The molecule has 0 N–H and O–H groups in total. The Labute approximate surface area is 324 Å². The van der Waals surface area contributed by atoms with Gasteiger partial charge in [-0.25, -0.2) is 4.98 Å². The maximum absolute atomic E-state index is 16.5. The van der Waals surface area contributed by atoms with E-state index in [0.717, 1.165) is 88.4 Å². The van der Waals surface area contributed by atoms with Crippen LogP contribution in [0, 0.1) is 18.3 Å². The Morgan fingerprint density at radius 1 is 0.589 bits per heavy atom. The number of aromatic nitrogens is 1. The molecule has 2 aliphatic rings. The highest BCUT2D eigenvalue weighted by Gasteiger charge is 2.55. The summed E-state index contributed by atoms with van der Waals surface area (Å²) in [6, 6.07) is 62.6. The van der Waals surface area contributed by atoms with Crippen LogP contribution in [0.25, 0.3) is 33.1 Å². The number of furan rings is 1. The molecule has 2 atom stereocenters. The summed E-state index contributed by atoms with van der Waals surface area (Å²) in [6.45, 7) is 1.92. The highest BCUT2D eigenvalue weighted by Crippen LogP contribution is 2.63. The van der Waals surface area contributed by atoms with Crippen molar-refractivity contribution >= 4 is 62.1 Å².